The number of alkyl halides is 3. The highest BCUT2D eigenvalue weighted by atomic mass is 19.4. The van der Waals surface area contributed by atoms with Crippen LogP contribution in [0.15, 0.2) is 36.4 Å². The molecular weight excluding hydrogens is 290 g/mol. The lowest BCUT2D eigenvalue weighted by molar-refractivity contribution is -0.139. The third-order valence-corrected chi connectivity index (χ3v) is 2.81. The van der Waals surface area contributed by atoms with Gasteiger partial charge in [-0.1, -0.05) is 6.07 Å². The number of benzene rings is 2. The summed E-state index contributed by atoms with van der Waals surface area (Å²) in [7, 11) is 0. The molecule has 2 aromatic carbocycles. The van der Waals surface area contributed by atoms with Crippen LogP contribution in [0.5, 0.6) is 0 Å². The highest BCUT2D eigenvalue weighted by Crippen LogP contribution is 2.34. The number of hydrogen-bond donors (Lipinski definition) is 2. The second-order valence-corrected chi connectivity index (χ2v) is 4.34. The van der Waals surface area contributed by atoms with E-state index >= 15 is 0 Å². The van der Waals surface area contributed by atoms with Crippen molar-refractivity contribution in [1.82, 2.24) is 0 Å². The molecule has 0 radical (unpaired) electrons. The Balaban J connectivity index is 2.60. The van der Waals surface area contributed by atoms with Crippen molar-refractivity contribution >= 4 is 11.7 Å². The smallest absolute Gasteiger partial charge is 0.419 e. The van der Waals surface area contributed by atoms with E-state index in [-0.39, 0.29) is 22.4 Å². The van der Waals surface area contributed by atoms with E-state index in [4.69, 9.17) is 10.8 Å². The Hall–Kier alpha value is -2.57. The summed E-state index contributed by atoms with van der Waals surface area (Å²) in [6, 6.07) is 6.11. The largest absolute Gasteiger partial charge is 0.478 e. The number of nitrogens with two attached hydrogens (primary N) is 1. The highest BCUT2D eigenvalue weighted by Gasteiger charge is 2.34. The van der Waals surface area contributed by atoms with Gasteiger partial charge in [0.05, 0.1) is 11.1 Å². The number of nitrogen functional groups attached to an aromatic ring is 1. The Kier molecular flexibility index (Phi) is 3.59. The Morgan fingerprint density at radius 3 is 2.29 bits per heavy atom. The van der Waals surface area contributed by atoms with Crippen LogP contribution in [0.1, 0.15) is 15.9 Å². The van der Waals surface area contributed by atoms with E-state index in [1.54, 1.807) is 0 Å². The van der Waals surface area contributed by atoms with Crippen LogP contribution in [0, 0.1) is 5.82 Å². The van der Waals surface area contributed by atoms with Gasteiger partial charge in [-0.3, -0.25) is 0 Å². The van der Waals surface area contributed by atoms with Crippen LogP contribution in [0.4, 0.5) is 23.2 Å². The Morgan fingerprint density at radius 2 is 1.71 bits per heavy atom. The van der Waals surface area contributed by atoms with Crippen molar-refractivity contribution in [3.63, 3.8) is 0 Å². The van der Waals surface area contributed by atoms with Crippen molar-refractivity contribution in [3.8, 4) is 11.1 Å². The van der Waals surface area contributed by atoms with Crippen molar-refractivity contribution in [2.75, 3.05) is 5.73 Å². The third-order valence-electron chi connectivity index (χ3n) is 2.81. The van der Waals surface area contributed by atoms with E-state index in [0.717, 1.165) is 6.07 Å². The van der Waals surface area contributed by atoms with Gasteiger partial charge >= 0.3 is 12.1 Å². The zero-order valence-corrected chi connectivity index (χ0v) is 10.4. The molecule has 0 aliphatic heterocycles. The lowest BCUT2D eigenvalue weighted by Gasteiger charge is -2.11. The fourth-order valence-corrected chi connectivity index (χ4v) is 1.86. The molecule has 7 heteroatoms. The van der Waals surface area contributed by atoms with E-state index in [1.807, 2.05) is 0 Å². The molecule has 0 spiro atoms. The SMILES string of the molecule is Nc1cc(C(=O)O)cc(-c2ccc(F)c(C(F)(F)F)c2)c1. The molecule has 0 heterocycles. The summed E-state index contributed by atoms with van der Waals surface area (Å²) in [6.07, 6.45) is -4.84. The first-order chi connectivity index (χ1) is 9.68. The minimum Gasteiger partial charge on any atom is -0.478 e. The van der Waals surface area contributed by atoms with Gasteiger partial charge in [0.1, 0.15) is 5.82 Å². The number of hydrogen-bond acceptors (Lipinski definition) is 2. The van der Waals surface area contributed by atoms with Crippen LogP contribution < -0.4 is 5.73 Å². The van der Waals surface area contributed by atoms with Crippen LogP contribution in [-0.2, 0) is 6.18 Å². The fourth-order valence-electron chi connectivity index (χ4n) is 1.86. The van der Waals surface area contributed by atoms with Crippen molar-refractivity contribution in [1.29, 1.82) is 0 Å². The Morgan fingerprint density at radius 1 is 1.05 bits per heavy atom. The first-order valence-corrected chi connectivity index (χ1v) is 5.69. The van der Waals surface area contributed by atoms with Gasteiger partial charge in [-0.15, -0.1) is 0 Å². The Labute approximate surface area is 116 Å². The van der Waals surface area contributed by atoms with E-state index in [2.05, 4.69) is 0 Å². The topological polar surface area (TPSA) is 63.3 Å². The summed E-state index contributed by atoms with van der Waals surface area (Å²) >= 11 is 0. The summed E-state index contributed by atoms with van der Waals surface area (Å²) in [5, 5.41) is 8.91. The molecule has 0 unspecified atom stereocenters. The van der Waals surface area contributed by atoms with Crippen molar-refractivity contribution < 1.29 is 27.5 Å². The van der Waals surface area contributed by atoms with Gasteiger partial charge in [-0.05, 0) is 41.5 Å². The number of halogens is 4. The standard InChI is InChI=1S/C14H9F4NO2/c15-12-2-1-7(6-11(12)14(16,17)18)8-3-9(13(20)21)5-10(19)4-8/h1-6H,19H2,(H,20,21). The summed E-state index contributed by atoms with van der Waals surface area (Å²) in [5.74, 6) is -2.66. The van der Waals surface area contributed by atoms with E-state index < -0.39 is 23.5 Å². The number of rotatable bonds is 2. The Bertz CT molecular complexity index is 711. The predicted molar refractivity (Wildman–Crippen MR) is 68.2 cm³/mol. The number of anilines is 1. The molecular formula is C14H9F4NO2. The molecule has 0 aliphatic rings. The van der Waals surface area contributed by atoms with Gasteiger partial charge in [0.2, 0.25) is 0 Å². The quantitative estimate of drug-likeness (QED) is 0.655. The van der Waals surface area contributed by atoms with Gasteiger partial charge in [0, 0.05) is 5.69 Å². The predicted octanol–water partition coefficient (Wildman–Crippen LogP) is 3.79. The van der Waals surface area contributed by atoms with Crippen molar-refractivity contribution in [3.05, 3.63) is 53.3 Å². The van der Waals surface area contributed by atoms with Crippen molar-refractivity contribution in [2.24, 2.45) is 0 Å². The lowest BCUT2D eigenvalue weighted by Crippen LogP contribution is -2.08. The first kappa shape index (κ1) is 14.8. The molecule has 0 aliphatic carbocycles. The van der Waals surface area contributed by atoms with Gasteiger partial charge < -0.3 is 10.8 Å². The zero-order valence-electron chi connectivity index (χ0n) is 10.4. The maximum atomic E-state index is 13.2. The number of carboxylic acids is 1. The normalized spacial score (nSPS) is 11.4. The number of aromatic carboxylic acids is 1. The molecule has 0 amide bonds. The minimum atomic E-state index is -4.84. The number of carboxylic acid groups (broad SMARTS) is 1. The molecule has 110 valence electrons. The molecule has 3 N–H and O–H groups in total. The highest BCUT2D eigenvalue weighted by molar-refractivity contribution is 5.91. The lowest BCUT2D eigenvalue weighted by atomic mass is 9.99. The van der Waals surface area contributed by atoms with Crippen LogP contribution in [0.2, 0.25) is 0 Å². The maximum Gasteiger partial charge on any atom is 0.419 e. The van der Waals surface area contributed by atoms with Gasteiger partial charge in [0.25, 0.3) is 0 Å². The van der Waals surface area contributed by atoms with Gasteiger partial charge in [0.15, 0.2) is 0 Å². The second-order valence-electron chi connectivity index (χ2n) is 4.34. The fraction of sp³-hybridized carbons (Fsp3) is 0.0714. The van der Waals surface area contributed by atoms with Crippen LogP contribution in [0.25, 0.3) is 11.1 Å². The molecule has 0 saturated carbocycles. The summed E-state index contributed by atoms with van der Waals surface area (Å²) in [5.41, 5.74) is 4.22. The molecule has 0 saturated heterocycles. The molecule has 0 fully saturated rings. The second kappa shape index (κ2) is 5.08. The molecule has 2 rings (SSSR count). The van der Waals surface area contributed by atoms with Gasteiger partial charge in [-0.2, -0.15) is 13.2 Å². The van der Waals surface area contributed by atoms with Crippen molar-refractivity contribution in [2.45, 2.75) is 6.18 Å². The number of carbonyl (C=O) groups is 1. The average molecular weight is 299 g/mol. The maximum absolute atomic E-state index is 13.2. The van der Waals surface area contributed by atoms with Crippen LogP contribution in [-0.4, -0.2) is 11.1 Å². The molecule has 0 bridgehead atoms. The monoisotopic (exact) mass is 299 g/mol. The molecule has 21 heavy (non-hydrogen) atoms. The van der Waals surface area contributed by atoms with Gasteiger partial charge in [-0.25, -0.2) is 9.18 Å². The zero-order chi connectivity index (χ0) is 15.8. The molecule has 0 aromatic heterocycles. The van der Waals surface area contributed by atoms with E-state index in [9.17, 15) is 22.4 Å². The third kappa shape index (κ3) is 3.13. The summed E-state index contributed by atoms with van der Waals surface area (Å²) < 4.78 is 51.2. The minimum absolute atomic E-state index is 0.0264. The van der Waals surface area contributed by atoms with E-state index in [1.165, 1.54) is 18.2 Å². The average Bonchev–Trinajstić information content (AvgIpc) is 2.37. The molecule has 2 aromatic rings. The van der Waals surface area contributed by atoms with Crippen LogP contribution >= 0.6 is 0 Å². The molecule has 0 atom stereocenters. The van der Waals surface area contributed by atoms with Crippen LogP contribution in [0.3, 0.4) is 0 Å². The summed E-state index contributed by atoms with van der Waals surface area (Å²) in [6.45, 7) is 0. The van der Waals surface area contributed by atoms with E-state index in [0.29, 0.717) is 12.1 Å². The molecule has 3 nitrogen and oxygen atoms in total. The summed E-state index contributed by atoms with van der Waals surface area (Å²) in [4.78, 5) is 10.9. The first-order valence-electron chi connectivity index (χ1n) is 5.69.